The number of benzene rings is 1. The van der Waals surface area contributed by atoms with Gasteiger partial charge in [0.1, 0.15) is 5.84 Å². The summed E-state index contributed by atoms with van der Waals surface area (Å²) in [6, 6.07) is 4.80. The number of hydrogen-bond acceptors (Lipinski definition) is 3. The number of amidine groups is 1. The summed E-state index contributed by atoms with van der Waals surface area (Å²) in [4.78, 5) is 4.23. The normalized spacial score (nSPS) is 17.0. The summed E-state index contributed by atoms with van der Waals surface area (Å²) in [6.45, 7) is 0. The molecule has 1 aliphatic carbocycles. The van der Waals surface area contributed by atoms with Crippen molar-refractivity contribution in [3.8, 4) is 11.5 Å². The molecule has 0 aliphatic heterocycles. The average Bonchev–Trinajstić information content (AvgIpc) is 2.93. The van der Waals surface area contributed by atoms with Crippen molar-refractivity contribution in [3.05, 3.63) is 23.8 Å². The van der Waals surface area contributed by atoms with Crippen LogP contribution in [0.3, 0.4) is 0 Å². The van der Waals surface area contributed by atoms with E-state index >= 15 is 0 Å². The zero-order chi connectivity index (χ0) is 10.1. The number of rotatable bonds is 2. The van der Waals surface area contributed by atoms with Gasteiger partial charge in [-0.15, -0.1) is 0 Å². The lowest BCUT2D eigenvalue weighted by atomic mass is 10.2. The Hall–Kier alpha value is -1.71. The molecule has 1 aromatic carbocycles. The van der Waals surface area contributed by atoms with Crippen LogP contribution in [0.4, 0.5) is 0 Å². The first kappa shape index (κ1) is 8.87. The van der Waals surface area contributed by atoms with Gasteiger partial charge in [-0.25, -0.2) is 0 Å². The van der Waals surface area contributed by atoms with E-state index in [0.717, 1.165) is 12.8 Å². The Kier molecular flexibility index (Phi) is 2.04. The van der Waals surface area contributed by atoms with E-state index in [9.17, 15) is 5.11 Å². The van der Waals surface area contributed by atoms with Gasteiger partial charge in [-0.2, -0.15) is 0 Å². The highest BCUT2D eigenvalue weighted by Gasteiger charge is 2.20. The Bertz CT molecular complexity index is 384. The first-order chi connectivity index (χ1) is 6.66. The van der Waals surface area contributed by atoms with Crippen molar-refractivity contribution in [1.82, 2.24) is 0 Å². The fourth-order valence-corrected chi connectivity index (χ4v) is 1.16. The molecule has 4 N–H and O–H groups in total. The molecule has 0 heterocycles. The van der Waals surface area contributed by atoms with Crippen LogP contribution < -0.4 is 5.73 Å². The molecule has 0 saturated heterocycles. The summed E-state index contributed by atoms with van der Waals surface area (Å²) in [5.41, 5.74) is 6.36. The summed E-state index contributed by atoms with van der Waals surface area (Å²) in [7, 11) is 0. The van der Waals surface area contributed by atoms with Crippen LogP contribution in [0, 0.1) is 0 Å². The average molecular weight is 192 g/mol. The van der Waals surface area contributed by atoms with Gasteiger partial charge in [-0.3, -0.25) is 4.99 Å². The van der Waals surface area contributed by atoms with Crippen molar-refractivity contribution in [1.29, 1.82) is 0 Å². The lowest BCUT2D eigenvalue weighted by Crippen LogP contribution is -2.13. The van der Waals surface area contributed by atoms with Crippen molar-refractivity contribution in [2.24, 2.45) is 10.7 Å². The van der Waals surface area contributed by atoms with Crippen LogP contribution in [-0.2, 0) is 0 Å². The van der Waals surface area contributed by atoms with Crippen molar-refractivity contribution >= 4 is 5.84 Å². The number of phenols is 2. The number of hydrogen-bond donors (Lipinski definition) is 3. The van der Waals surface area contributed by atoms with E-state index in [1.54, 1.807) is 6.07 Å². The maximum absolute atomic E-state index is 9.24. The molecule has 0 radical (unpaired) electrons. The second-order valence-electron chi connectivity index (χ2n) is 3.45. The molecular weight excluding hydrogens is 180 g/mol. The molecule has 0 unspecified atom stereocenters. The quantitative estimate of drug-likeness (QED) is 0.371. The van der Waals surface area contributed by atoms with Crippen LogP contribution in [0.15, 0.2) is 23.2 Å². The van der Waals surface area contributed by atoms with Gasteiger partial charge >= 0.3 is 0 Å². The summed E-state index contributed by atoms with van der Waals surface area (Å²) in [5, 5.41) is 18.3. The SMILES string of the molecule is NC(=NC1CC1)c1ccc(O)c(O)c1. The maximum Gasteiger partial charge on any atom is 0.158 e. The lowest BCUT2D eigenvalue weighted by molar-refractivity contribution is 0.403. The van der Waals surface area contributed by atoms with E-state index in [-0.39, 0.29) is 11.5 Å². The van der Waals surface area contributed by atoms with Crippen LogP contribution in [0.2, 0.25) is 0 Å². The second-order valence-corrected chi connectivity index (χ2v) is 3.45. The van der Waals surface area contributed by atoms with Gasteiger partial charge in [0.15, 0.2) is 11.5 Å². The third-order valence-electron chi connectivity index (χ3n) is 2.14. The molecule has 0 atom stereocenters. The van der Waals surface area contributed by atoms with Crippen LogP contribution in [0.25, 0.3) is 0 Å². The van der Waals surface area contributed by atoms with Gasteiger partial charge in [-0.05, 0) is 31.0 Å². The van der Waals surface area contributed by atoms with Gasteiger partial charge < -0.3 is 15.9 Å². The predicted molar refractivity (Wildman–Crippen MR) is 53.5 cm³/mol. The minimum Gasteiger partial charge on any atom is -0.504 e. The van der Waals surface area contributed by atoms with E-state index in [1.165, 1.54) is 12.1 Å². The Labute approximate surface area is 81.7 Å². The van der Waals surface area contributed by atoms with Gasteiger partial charge in [0.2, 0.25) is 0 Å². The molecule has 0 spiro atoms. The molecule has 1 aromatic rings. The lowest BCUT2D eigenvalue weighted by Gasteiger charge is -2.02. The summed E-state index contributed by atoms with van der Waals surface area (Å²) >= 11 is 0. The van der Waals surface area contributed by atoms with Crippen LogP contribution in [-0.4, -0.2) is 22.1 Å². The van der Waals surface area contributed by atoms with Crippen molar-refractivity contribution < 1.29 is 10.2 Å². The summed E-state index contributed by atoms with van der Waals surface area (Å²) in [5.74, 6) is 0.104. The molecular formula is C10H12N2O2. The third-order valence-corrected chi connectivity index (χ3v) is 2.14. The number of nitrogens with two attached hydrogens (primary N) is 1. The van der Waals surface area contributed by atoms with E-state index in [1.807, 2.05) is 0 Å². The molecule has 2 rings (SSSR count). The van der Waals surface area contributed by atoms with Crippen LogP contribution in [0.1, 0.15) is 18.4 Å². The molecule has 0 aromatic heterocycles. The predicted octanol–water partition coefficient (Wildman–Crippen LogP) is 0.965. The van der Waals surface area contributed by atoms with Gasteiger partial charge in [0, 0.05) is 5.56 Å². The molecule has 74 valence electrons. The Balaban J connectivity index is 2.27. The molecule has 1 saturated carbocycles. The smallest absolute Gasteiger partial charge is 0.158 e. The van der Waals surface area contributed by atoms with Crippen LogP contribution in [0.5, 0.6) is 11.5 Å². The fraction of sp³-hybridized carbons (Fsp3) is 0.300. The highest BCUT2D eigenvalue weighted by molar-refractivity contribution is 5.98. The first-order valence-corrected chi connectivity index (χ1v) is 4.52. The highest BCUT2D eigenvalue weighted by Crippen LogP contribution is 2.27. The second kappa shape index (κ2) is 3.21. The molecule has 1 fully saturated rings. The topological polar surface area (TPSA) is 78.8 Å². The number of aliphatic imine (C=N–C) groups is 1. The van der Waals surface area contributed by atoms with E-state index in [2.05, 4.69) is 4.99 Å². The third kappa shape index (κ3) is 1.79. The first-order valence-electron chi connectivity index (χ1n) is 4.52. The maximum atomic E-state index is 9.24. The van der Waals surface area contributed by atoms with Gasteiger partial charge in [0.25, 0.3) is 0 Å². The monoisotopic (exact) mass is 192 g/mol. The molecule has 0 bridgehead atoms. The molecule has 4 nitrogen and oxygen atoms in total. The van der Waals surface area contributed by atoms with E-state index in [4.69, 9.17) is 10.8 Å². The molecule has 0 amide bonds. The highest BCUT2D eigenvalue weighted by atomic mass is 16.3. The van der Waals surface area contributed by atoms with E-state index in [0.29, 0.717) is 17.4 Å². The minimum atomic E-state index is -0.170. The minimum absolute atomic E-state index is 0.145. The zero-order valence-electron chi connectivity index (χ0n) is 7.64. The van der Waals surface area contributed by atoms with Gasteiger partial charge in [-0.1, -0.05) is 0 Å². The molecule has 14 heavy (non-hydrogen) atoms. The zero-order valence-corrected chi connectivity index (χ0v) is 7.64. The van der Waals surface area contributed by atoms with E-state index < -0.39 is 0 Å². The summed E-state index contributed by atoms with van der Waals surface area (Å²) in [6.07, 6.45) is 2.18. The standard InChI is InChI=1S/C10H12N2O2/c11-10(12-7-2-3-7)6-1-4-8(13)9(14)5-6/h1,4-5,7,13-14H,2-3H2,(H2,11,12). The van der Waals surface area contributed by atoms with Gasteiger partial charge in [0.05, 0.1) is 6.04 Å². The molecule has 1 aliphatic rings. The van der Waals surface area contributed by atoms with Crippen molar-refractivity contribution in [2.45, 2.75) is 18.9 Å². The Morgan fingerprint density at radius 1 is 1.29 bits per heavy atom. The van der Waals surface area contributed by atoms with Crippen molar-refractivity contribution in [2.75, 3.05) is 0 Å². The summed E-state index contributed by atoms with van der Waals surface area (Å²) < 4.78 is 0. The van der Waals surface area contributed by atoms with Crippen molar-refractivity contribution in [3.63, 3.8) is 0 Å². The largest absolute Gasteiger partial charge is 0.504 e. The number of phenolic OH excluding ortho intramolecular Hbond substituents is 2. The Morgan fingerprint density at radius 3 is 2.57 bits per heavy atom. The Morgan fingerprint density at radius 2 is 2.00 bits per heavy atom. The van der Waals surface area contributed by atoms with Crippen LogP contribution >= 0.6 is 0 Å². The number of nitrogens with zero attached hydrogens (tertiary/aromatic N) is 1. The fourth-order valence-electron chi connectivity index (χ4n) is 1.16. The number of aromatic hydroxyl groups is 2. The molecule has 4 heteroatoms.